The second-order valence-electron chi connectivity index (χ2n) is 8.09. The van der Waals surface area contributed by atoms with E-state index in [-0.39, 0.29) is 11.0 Å². The fourth-order valence-electron chi connectivity index (χ4n) is 4.10. The first-order valence-electron chi connectivity index (χ1n) is 9.56. The predicted molar refractivity (Wildman–Crippen MR) is 111 cm³/mol. The highest BCUT2D eigenvalue weighted by Gasteiger charge is 2.38. The minimum absolute atomic E-state index is 0.0354. The second kappa shape index (κ2) is 6.51. The zero-order valence-electron chi connectivity index (χ0n) is 16.6. The molecule has 2 aromatic heterocycles. The van der Waals surface area contributed by atoms with Crippen molar-refractivity contribution in [2.45, 2.75) is 57.7 Å². The second-order valence-corrected chi connectivity index (χ2v) is 8.86. The number of hydrogen-bond acceptors (Lipinski definition) is 4. The van der Waals surface area contributed by atoms with Crippen molar-refractivity contribution in [1.29, 1.82) is 0 Å². The molecular formula is C21H26N4OS. The number of aromatic nitrogens is 4. The van der Waals surface area contributed by atoms with Crippen LogP contribution in [0.5, 0.6) is 0 Å². The van der Waals surface area contributed by atoms with E-state index in [0.29, 0.717) is 16.9 Å². The molecule has 27 heavy (non-hydrogen) atoms. The van der Waals surface area contributed by atoms with Crippen LogP contribution >= 0.6 is 11.8 Å². The number of thioether (sulfide) groups is 1. The van der Waals surface area contributed by atoms with Crippen LogP contribution in [0.4, 0.5) is 0 Å². The summed E-state index contributed by atoms with van der Waals surface area (Å²) in [4.78, 5) is 18.7. The minimum Gasteiger partial charge on any atom is -0.268 e. The van der Waals surface area contributed by atoms with E-state index in [0.717, 1.165) is 36.2 Å². The molecule has 0 saturated carbocycles. The number of fused-ring (bicyclic) bond motifs is 4. The molecule has 5 nitrogen and oxygen atoms in total. The van der Waals surface area contributed by atoms with E-state index in [2.05, 4.69) is 51.0 Å². The highest BCUT2D eigenvalue weighted by Crippen LogP contribution is 2.42. The van der Waals surface area contributed by atoms with Gasteiger partial charge in [0.2, 0.25) is 5.78 Å². The van der Waals surface area contributed by atoms with E-state index in [1.54, 1.807) is 4.40 Å². The van der Waals surface area contributed by atoms with Crippen LogP contribution in [-0.4, -0.2) is 25.4 Å². The lowest BCUT2D eigenvalue weighted by Crippen LogP contribution is -2.37. The molecule has 2 heterocycles. The van der Waals surface area contributed by atoms with Crippen molar-refractivity contribution >= 4 is 17.5 Å². The van der Waals surface area contributed by atoms with E-state index < -0.39 is 0 Å². The van der Waals surface area contributed by atoms with Crippen molar-refractivity contribution in [2.24, 2.45) is 5.92 Å². The highest BCUT2D eigenvalue weighted by atomic mass is 32.2. The van der Waals surface area contributed by atoms with Crippen molar-refractivity contribution < 1.29 is 0 Å². The van der Waals surface area contributed by atoms with Gasteiger partial charge in [-0.25, -0.2) is 14.1 Å². The molecule has 1 atom stereocenters. The normalized spacial score (nSPS) is 18.7. The summed E-state index contributed by atoms with van der Waals surface area (Å²) in [6.45, 7) is 9.38. The maximum atomic E-state index is 13.7. The smallest absolute Gasteiger partial charge is 0.265 e. The summed E-state index contributed by atoms with van der Waals surface area (Å²) in [6.07, 6.45) is 3.72. The molecule has 142 valence electrons. The monoisotopic (exact) mass is 382 g/mol. The van der Waals surface area contributed by atoms with Gasteiger partial charge in [-0.15, -0.1) is 5.10 Å². The molecule has 1 aromatic carbocycles. The molecule has 0 amide bonds. The third-order valence-corrected chi connectivity index (χ3v) is 6.28. The molecular weight excluding hydrogens is 356 g/mol. The van der Waals surface area contributed by atoms with E-state index in [9.17, 15) is 4.79 Å². The number of nitrogens with zero attached hydrogens (tertiary/aromatic N) is 4. The molecule has 0 saturated heterocycles. The summed E-state index contributed by atoms with van der Waals surface area (Å²) in [6, 6.07) is 8.35. The van der Waals surface area contributed by atoms with Gasteiger partial charge in [-0.1, -0.05) is 63.7 Å². The zero-order chi connectivity index (χ0) is 19.3. The standard InChI is InChI=1S/C21H26N4OS/c1-6-21(4)11-14-9-7-8-10-15(14)17-16(21)18(26)25-19(22-17)24(12-13(2)3)23-20(25)27-5/h7-10,13H,6,11-12H2,1-5H3/t21-/m0/s1. The molecule has 1 aliphatic carbocycles. The first kappa shape index (κ1) is 18.3. The Morgan fingerprint density at radius 2 is 2.04 bits per heavy atom. The fraction of sp³-hybridized carbons (Fsp3) is 0.476. The lowest BCUT2D eigenvalue weighted by atomic mass is 9.69. The van der Waals surface area contributed by atoms with Gasteiger partial charge in [0.15, 0.2) is 5.16 Å². The summed E-state index contributed by atoms with van der Waals surface area (Å²) in [5.74, 6) is 1.07. The van der Waals surface area contributed by atoms with Crippen molar-refractivity contribution in [3.8, 4) is 11.3 Å². The Balaban J connectivity index is 2.13. The van der Waals surface area contributed by atoms with Gasteiger partial charge in [-0.2, -0.15) is 0 Å². The summed E-state index contributed by atoms with van der Waals surface area (Å²) < 4.78 is 3.60. The van der Waals surface area contributed by atoms with Gasteiger partial charge < -0.3 is 0 Å². The van der Waals surface area contributed by atoms with E-state index in [1.807, 2.05) is 17.0 Å². The molecule has 1 aliphatic rings. The molecule has 0 aliphatic heterocycles. The summed E-state index contributed by atoms with van der Waals surface area (Å²) in [7, 11) is 0. The van der Waals surface area contributed by atoms with Crippen molar-refractivity contribution in [3.05, 3.63) is 45.7 Å². The summed E-state index contributed by atoms with van der Waals surface area (Å²) in [5, 5.41) is 5.40. The van der Waals surface area contributed by atoms with Crippen LogP contribution in [0.3, 0.4) is 0 Å². The first-order valence-corrected chi connectivity index (χ1v) is 10.8. The van der Waals surface area contributed by atoms with Crippen LogP contribution < -0.4 is 5.56 Å². The van der Waals surface area contributed by atoms with Crippen LogP contribution in [0.15, 0.2) is 34.2 Å². The molecule has 0 radical (unpaired) electrons. The lowest BCUT2D eigenvalue weighted by Gasteiger charge is -2.35. The van der Waals surface area contributed by atoms with Crippen LogP contribution in [0.25, 0.3) is 17.0 Å². The van der Waals surface area contributed by atoms with E-state index in [1.165, 1.54) is 17.3 Å². The average Bonchev–Trinajstić information content (AvgIpc) is 2.99. The Morgan fingerprint density at radius 3 is 2.70 bits per heavy atom. The zero-order valence-corrected chi connectivity index (χ0v) is 17.4. The fourth-order valence-corrected chi connectivity index (χ4v) is 4.63. The average molecular weight is 383 g/mol. The van der Waals surface area contributed by atoms with E-state index in [4.69, 9.17) is 4.98 Å². The third-order valence-electron chi connectivity index (χ3n) is 5.65. The maximum absolute atomic E-state index is 13.7. The predicted octanol–water partition coefficient (Wildman–Crippen LogP) is 4.16. The molecule has 0 spiro atoms. The SMILES string of the molecule is CC[C@@]1(C)Cc2ccccc2-c2nc3n(CC(C)C)nc(SC)n3c(=O)c21. The van der Waals surface area contributed by atoms with Gasteiger partial charge in [0.1, 0.15) is 0 Å². The largest absolute Gasteiger partial charge is 0.268 e. The van der Waals surface area contributed by atoms with Gasteiger partial charge in [-0.3, -0.25) is 4.79 Å². The Hall–Kier alpha value is -2.08. The van der Waals surface area contributed by atoms with Crippen molar-refractivity contribution in [3.63, 3.8) is 0 Å². The highest BCUT2D eigenvalue weighted by molar-refractivity contribution is 7.98. The first-order chi connectivity index (χ1) is 12.9. The quantitative estimate of drug-likeness (QED) is 0.636. The summed E-state index contributed by atoms with van der Waals surface area (Å²) >= 11 is 1.50. The molecule has 0 unspecified atom stereocenters. The number of hydrogen-bond donors (Lipinski definition) is 0. The number of benzene rings is 1. The third kappa shape index (κ3) is 2.73. The molecule has 3 aromatic rings. The summed E-state index contributed by atoms with van der Waals surface area (Å²) in [5.41, 5.74) is 3.84. The van der Waals surface area contributed by atoms with Gasteiger partial charge >= 0.3 is 0 Å². The lowest BCUT2D eigenvalue weighted by molar-refractivity contribution is 0.439. The van der Waals surface area contributed by atoms with Crippen LogP contribution in [0.2, 0.25) is 0 Å². The van der Waals surface area contributed by atoms with Crippen LogP contribution in [0, 0.1) is 5.92 Å². The van der Waals surface area contributed by atoms with Gasteiger partial charge in [0, 0.05) is 17.5 Å². The Morgan fingerprint density at radius 1 is 1.30 bits per heavy atom. The molecule has 6 heteroatoms. The molecule has 0 fully saturated rings. The number of rotatable bonds is 4. The Labute approximate surface area is 163 Å². The van der Waals surface area contributed by atoms with Gasteiger partial charge in [0.05, 0.1) is 11.3 Å². The maximum Gasteiger partial charge on any atom is 0.265 e. The van der Waals surface area contributed by atoms with Crippen molar-refractivity contribution in [1.82, 2.24) is 19.2 Å². The Kier molecular flexibility index (Phi) is 4.41. The molecule has 4 rings (SSSR count). The van der Waals surface area contributed by atoms with Gasteiger partial charge in [-0.05, 0) is 30.6 Å². The molecule has 0 N–H and O–H groups in total. The molecule has 0 bridgehead atoms. The van der Waals surface area contributed by atoms with Crippen LogP contribution in [0.1, 0.15) is 45.2 Å². The van der Waals surface area contributed by atoms with E-state index >= 15 is 0 Å². The van der Waals surface area contributed by atoms with Gasteiger partial charge in [0.25, 0.3) is 5.56 Å². The topological polar surface area (TPSA) is 52.2 Å². The van der Waals surface area contributed by atoms with Crippen LogP contribution in [-0.2, 0) is 18.4 Å². The minimum atomic E-state index is -0.217. The Bertz CT molecular complexity index is 1080. The van der Waals surface area contributed by atoms with Crippen molar-refractivity contribution in [2.75, 3.05) is 6.26 Å².